The molecular formula is C14H26N4O2. The molecule has 0 amide bonds. The van der Waals surface area contributed by atoms with E-state index in [0.29, 0.717) is 18.6 Å². The van der Waals surface area contributed by atoms with Crippen LogP contribution in [0.25, 0.3) is 0 Å². The monoisotopic (exact) mass is 282 g/mol. The first kappa shape index (κ1) is 16.6. The summed E-state index contributed by atoms with van der Waals surface area (Å²) in [7, 11) is 0. The van der Waals surface area contributed by atoms with Gasteiger partial charge in [0.1, 0.15) is 12.2 Å². The third kappa shape index (κ3) is 5.28. The second-order valence-corrected chi connectivity index (χ2v) is 5.67. The topological polar surface area (TPSA) is 80.0 Å². The molecule has 2 unspecified atom stereocenters. The Bertz CT molecular complexity index is 417. The van der Waals surface area contributed by atoms with E-state index in [9.17, 15) is 4.79 Å². The Kier molecular flexibility index (Phi) is 6.64. The Morgan fingerprint density at radius 1 is 1.35 bits per heavy atom. The van der Waals surface area contributed by atoms with Crippen molar-refractivity contribution in [1.82, 2.24) is 20.1 Å². The summed E-state index contributed by atoms with van der Waals surface area (Å²) in [5.74, 6) is -0.0346. The predicted molar refractivity (Wildman–Crippen MR) is 77.4 cm³/mol. The minimum Gasteiger partial charge on any atom is -0.481 e. The van der Waals surface area contributed by atoms with Crippen molar-refractivity contribution in [3.05, 3.63) is 12.2 Å². The molecule has 0 saturated heterocycles. The van der Waals surface area contributed by atoms with E-state index in [1.807, 2.05) is 4.68 Å². The average Bonchev–Trinajstić information content (AvgIpc) is 2.84. The number of rotatable bonds is 9. The maximum Gasteiger partial charge on any atom is 0.306 e. The number of carbonyl (C=O) groups is 1. The molecule has 2 atom stereocenters. The molecule has 1 heterocycles. The molecule has 0 aromatic carbocycles. The summed E-state index contributed by atoms with van der Waals surface area (Å²) in [5.41, 5.74) is 0. The van der Waals surface area contributed by atoms with E-state index in [-0.39, 0.29) is 5.92 Å². The number of hydrogen-bond donors (Lipinski definition) is 2. The molecular weight excluding hydrogens is 256 g/mol. The van der Waals surface area contributed by atoms with Gasteiger partial charge >= 0.3 is 5.97 Å². The van der Waals surface area contributed by atoms with Gasteiger partial charge in [-0.2, -0.15) is 5.10 Å². The van der Waals surface area contributed by atoms with Crippen molar-refractivity contribution < 1.29 is 9.90 Å². The highest BCUT2D eigenvalue weighted by molar-refractivity contribution is 5.69. The maximum atomic E-state index is 10.7. The van der Waals surface area contributed by atoms with Crippen LogP contribution in [-0.4, -0.2) is 31.9 Å². The number of carboxylic acid groups (broad SMARTS) is 1. The lowest BCUT2D eigenvalue weighted by Crippen LogP contribution is -2.27. The molecule has 0 radical (unpaired) electrons. The summed E-state index contributed by atoms with van der Waals surface area (Å²) in [6.07, 6.45) is 4.19. The molecule has 0 aliphatic heterocycles. The Morgan fingerprint density at radius 3 is 2.65 bits per heavy atom. The van der Waals surface area contributed by atoms with E-state index in [1.54, 1.807) is 13.3 Å². The molecule has 6 nitrogen and oxygen atoms in total. The second-order valence-electron chi connectivity index (χ2n) is 5.67. The normalized spacial score (nSPS) is 14.4. The van der Waals surface area contributed by atoms with E-state index < -0.39 is 5.97 Å². The van der Waals surface area contributed by atoms with Crippen molar-refractivity contribution in [1.29, 1.82) is 0 Å². The number of aromatic nitrogens is 3. The molecule has 20 heavy (non-hydrogen) atoms. The first-order valence-corrected chi connectivity index (χ1v) is 7.26. The van der Waals surface area contributed by atoms with E-state index in [0.717, 1.165) is 25.1 Å². The lowest BCUT2D eigenvalue weighted by Gasteiger charge is -2.15. The molecule has 0 bridgehead atoms. The molecule has 0 fully saturated rings. The molecule has 1 aromatic rings. The first-order chi connectivity index (χ1) is 9.41. The van der Waals surface area contributed by atoms with Crippen molar-refractivity contribution >= 4 is 5.97 Å². The molecule has 2 N–H and O–H groups in total. The Hall–Kier alpha value is -1.43. The highest BCUT2D eigenvalue weighted by Gasteiger charge is 2.12. The van der Waals surface area contributed by atoms with Crippen LogP contribution in [0.2, 0.25) is 0 Å². The second kappa shape index (κ2) is 7.99. The molecule has 0 spiro atoms. The van der Waals surface area contributed by atoms with Crippen LogP contribution in [0.1, 0.15) is 58.8 Å². The van der Waals surface area contributed by atoms with Gasteiger partial charge in [-0.25, -0.2) is 9.67 Å². The van der Waals surface area contributed by atoms with Gasteiger partial charge in [-0.05, 0) is 33.6 Å². The van der Waals surface area contributed by atoms with Gasteiger partial charge in [-0.1, -0.05) is 13.3 Å². The number of carboxylic acids is 1. The SMILES string of the molecule is CC(CCCC(C)C(=O)O)NCc1ncnn1C(C)C. The summed E-state index contributed by atoms with van der Waals surface area (Å²) in [6.45, 7) is 8.71. The van der Waals surface area contributed by atoms with Crippen LogP contribution in [0.3, 0.4) is 0 Å². The van der Waals surface area contributed by atoms with Crippen LogP contribution < -0.4 is 5.32 Å². The van der Waals surface area contributed by atoms with E-state index >= 15 is 0 Å². The largest absolute Gasteiger partial charge is 0.481 e. The third-order valence-corrected chi connectivity index (χ3v) is 3.44. The van der Waals surface area contributed by atoms with Crippen LogP contribution in [-0.2, 0) is 11.3 Å². The highest BCUT2D eigenvalue weighted by Crippen LogP contribution is 2.10. The zero-order valence-electron chi connectivity index (χ0n) is 12.8. The highest BCUT2D eigenvalue weighted by atomic mass is 16.4. The van der Waals surface area contributed by atoms with Gasteiger partial charge in [0.2, 0.25) is 0 Å². The zero-order chi connectivity index (χ0) is 15.1. The first-order valence-electron chi connectivity index (χ1n) is 7.26. The summed E-state index contributed by atoms with van der Waals surface area (Å²) in [6, 6.07) is 0.648. The van der Waals surface area contributed by atoms with Gasteiger partial charge in [0, 0.05) is 12.1 Å². The zero-order valence-corrected chi connectivity index (χ0v) is 12.8. The number of aliphatic carboxylic acids is 1. The van der Waals surface area contributed by atoms with Crippen LogP contribution in [0.4, 0.5) is 0 Å². The quantitative estimate of drug-likeness (QED) is 0.726. The van der Waals surface area contributed by atoms with Crippen LogP contribution >= 0.6 is 0 Å². The number of nitrogens with zero attached hydrogens (tertiary/aromatic N) is 3. The fourth-order valence-electron chi connectivity index (χ4n) is 2.05. The van der Waals surface area contributed by atoms with E-state index in [4.69, 9.17) is 5.11 Å². The van der Waals surface area contributed by atoms with E-state index in [2.05, 4.69) is 36.2 Å². The van der Waals surface area contributed by atoms with Gasteiger partial charge in [0.15, 0.2) is 0 Å². The molecule has 1 aromatic heterocycles. The molecule has 0 saturated carbocycles. The Labute approximate surface area is 120 Å². The Balaban J connectivity index is 2.27. The summed E-state index contributed by atoms with van der Waals surface area (Å²) >= 11 is 0. The molecule has 0 aliphatic rings. The smallest absolute Gasteiger partial charge is 0.306 e. The van der Waals surface area contributed by atoms with Crippen LogP contribution in [0, 0.1) is 5.92 Å². The summed E-state index contributed by atoms with van der Waals surface area (Å²) in [4.78, 5) is 15.0. The predicted octanol–water partition coefficient (Wildman–Crippen LogP) is 2.23. The fourth-order valence-corrected chi connectivity index (χ4v) is 2.05. The average molecular weight is 282 g/mol. The van der Waals surface area contributed by atoms with Crippen LogP contribution in [0.5, 0.6) is 0 Å². The third-order valence-electron chi connectivity index (χ3n) is 3.44. The minimum absolute atomic E-state index is 0.258. The van der Waals surface area contributed by atoms with E-state index in [1.165, 1.54) is 0 Å². The van der Waals surface area contributed by atoms with Gasteiger partial charge in [-0.3, -0.25) is 4.79 Å². The summed E-state index contributed by atoms with van der Waals surface area (Å²) in [5, 5.41) is 16.4. The van der Waals surface area contributed by atoms with Crippen molar-refractivity contribution in [3.8, 4) is 0 Å². The number of nitrogens with one attached hydrogen (secondary N) is 1. The van der Waals surface area contributed by atoms with Crippen LogP contribution in [0.15, 0.2) is 6.33 Å². The van der Waals surface area contributed by atoms with Crippen molar-refractivity contribution in [2.45, 2.75) is 65.6 Å². The van der Waals surface area contributed by atoms with Gasteiger partial charge in [0.05, 0.1) is 12.5 Å². The molecule has 6 heteroatoms. The van der Waals surface area contributed by atoms with Crippen molar-refractivity contribution in [2.75, 3.05) is 0 Å². The van der Waals surface area contributed by atoms with Gasteiger partial charge in [0.25, 0.3) is 0 Å². The number of hydrogen-bond acceptors (Lipinski definition) is 4. The summed E-state index contributed by atoms with van der Waals surface area (Å²) < 4.78 is 1.91. The Morgan fingerprint density at radius 2 is 2.05 bits per heavy atom. The molecule has 0 aliphatic carbocycles. The van der Waals surface area contributed by atoms with Crippen molar-refractivity contribution in [2.24, 2.45) is 5.92 Å². The lowest BCUT2D eigenvalue weighted by molar-refractivity contribution is -0.141. The molecule has 114 valence electrons. The fraction of sp³-hybridized carbons (Fsp3) is 0.786. The van der Waals surface area contributed by atoms with Gasteiger partial charge < -0.3 is 10.4 Å². The standard InChI is InChI=1S/C14H26N4O2/c1-10(2)18-13(16-9-17-18)8-15-12(4)7-5-6-11(3)14(19)20/h9-12,15H,5-8H2,1-4H3,(H,19,20). The molecule has 1 rings (SSSR count). The maximum absolute atomic E-state index is 10.7. The van der Waals surface area contributed by atoms with Crippen molar-refractivity contribution in [3.63, 3.8) is 0 Å². The van der Waals surface area contributed by atoms with Gasteiger partial charge in [-0.15, -0.1) is 0 Å². The lowest BCUT2D eigenvalue weighted by atomic mass is 10.0. The minimum atomic E-state index is -0.712.